The Hall–Kier alpha value is -0.950. The van der Waals surface area contributed by atoms with Crippen molar-refractivity contribution < 1.29 is 17.9 Å². The van der Waals surface area contributed by atoms with Gasteiger partial charge in [-0.05, 0) is 37.0 Å². The van der Waals surface area contributed by atoms with E-state index >= 15 is 0 Å². The van der Waals surface area contributed by atoms with E-state index in [1.54, 1.807) is 12.1 Å². The van der Waals surface area contributed by atoms with Gasteiger partial charge in [-0.15, -0.1) is 13.2 Å². The number of hydrogen-bond donors (Lipinski definition) is 1. The van der Waals surface area contributed by atoms with Crippen molar-refractivity contribution in [1.82, 2.24) is 5.32 Å². The molecular formula is C14H16BrF3N2O. The fourth-order valence-corrected chi connectivity index (χ4v) is 3.11. The number of nitrogens with zero attached hydrogens (tertiary/aromatic N) is 1. The number of ether oxygens (including phenoxy) is 1. The van der Waals surface area contributed by atoms with Crippen LogP contribution in [0.15, 0.2) is 22.7 Å². The molecule has 1 aromatic rings. The molecule has 1 unspecified atom stereocenters. The van der Waals surface area contributed by atoms with Gasteiger partial charge in [-0.1, -0.05) is 15.9 Å². The van der Waals surface area contributed by atoms with Crippen molar-refractivity contribution in [3.8, 4) is 5.75 Å². The van der Waals surface area contributed by atoms with Crippen LogP contribution in [-0.2, 0) is 0 Å². The van der Waals surface area contributed by atoms with Gasteiger partial charge in [-0.2, -0.15) is 0 Å². The van der Waals surface area contributed by atoms with Gasteiger partial charge in [0.05, 0.1) is 5.69 Å². The second-order valence-corrected chi connectivity index (χ2v) is 6.42. The summed E-state index contributed by atoms with van der Waals surface area (Å²) in [6, 6.07) is 5.16. The Morgan fingerprint density at radius 1 is 1.29 bits per heavy atom. The van der Waals surface area contributed by atoms with Gasteiger partial charge in [0.25, 0.3) is 0 Å². The summed E-state index contributed by atoms with van der Waals surface area (Å²) in [5.41, 5.74) is 0.502. The van der Waals surface area contributed by atoms with Gasteiger partial charge in [-0.3, -0.25) is 0 Å². The molecule has 0 radical (unpaired) electrons. The average molecular weight is 365 g/mol. The monoisotopic (exact) mass is 364 g/mol. The van der Waals surface area contributed by atoms with Crippen LogP contribution in [-0.4, -0.2) is 32.0 Å². The molecule has 21 heavy (non-hydrogen) atoms. The fourth-order valence-electron chi connectivity index (χ4n) is 2.77. The second-order valence-electron chi connectivity index (χ2n) is 5.50. The number of anilines is 1. The molecule has 1 aliphatic carbocycles. The second kappa shape index (κ2) is 5.68. The summed E-state index contributed by atoms with van der Waals surface area (Å²) in [7, 11) is 0. The highest BCUT2D eigenvalue weighted by atomic mass is 79.9. The van der Waals surface area contributed by atoms with Crippen molar-refractivity contribution in [1.29, 1.82) is 0 Å². The molecule has 0 aromatic heterocycles. The predicted octanol–water partition coefficient (Wildman–Crippen LogP) is 3.54. The van der Waals surface area contributed by atoms with Crippen LogP contribution < -0.4 is 15.0 Å². The molecule has 2 fully saturated rings. The molecule has 1 aromatic carbocycles. The number of rotatable bonds is 3. The van der Waals surface area contributed by atoms with Crippen LogP contribution in [0.2, 0.25) is 0 Å². The van der Waals surface area contributed by atoms with E-state index in [-0.39, 0.29) is 5.75 Å². The number of alkyl halides is 3. The van der Waals surface area contributed by atoms with Crippen molar-refractivity contribution in [3.05, 3.63) is 22.7 Å². The Morgan fingerprint density at radius 3 is 2.71 bits per heavy atom. The van der Waals surface area contributed by atoms with Crippen molar-refractivity contribution in [3.63, 3.8) is 0 Å². The van der Waals surface area contributed by atoms with Crippen LogP contribution >= 0.6 is 15.9 Å². The van der Waals surface area contributed by atoms with Crippen LogP contribution in [0, 0.1) is 5.92 Å². The maximum Gasteiger partial charge on any atom is 0.573 e. The lowest BCUT2D eigenvalue weighted by atomic mass is 10.1. The highest BCUT2D eigenvalue weighted by Crippen LogP contribution is 2.38. The minimum atomic E-state index is -4.68. The largest absolute Gasteiger partial charge is 0.573 e. The summed E-state index contributed by atoms with van der Waals surface area (Å²) in [5.74, 6) is 0.517. The zero-order chi connectivity index (χ0) is 15.0. The molecular weight excluding hydrogens is 349 g/mol. The molecule has 2 aliphatic rings. The van der Waals surface area contributed by atoms with E-state index in [4.69, 9.17) is 0 Å². The lowest BCUT2D eigenvalue weighted by Gasteiger charge is -2.36. The lowest BCUT2D eigenvalue weighted by Crippen LogP contribution is -2.51. The summed E-state index contributed by atoms with van der Waals surface area (Å²) in [4.78, 5) is 1.98. The highest BCUT2D eigenvalue weighted by molar-refractivity contribution is 9.10. The topological polar surface area (TPSA) is 24.5 Å². The van der Waals surface area contributed by atoms with Gasteiger partial charge >= 0.3 is 6.36 Å². The normalized spacial score (nSPS) is 23.2. The number of hydrogen-bond acceptors (Lipinski definition) is 3. The summed E-state index contributed by atoms with van der Waals surface area (Å²) < 4.78 is 42.5. The quantitative estimate of drug-likeness (QED) is 0.887. The number of piperazine rings is 1. The molecule has 0 amide bonds. The van der Waals surface area contributed by atoms with E-state index in [2.05, 4.69) is 26.0 Å². The molecule has 1 aliphatic heterocycles. The summed E-state index contributed by atoms with van der Waals surface area (Å²) >= 11 is 3.19. The van der Waals surface area contributed by atoms with Crippen LogP contribution in [0.5, 0.6) is 5.75 Å². The zero-order valence-electron chi connectivity index (χ0n) is 11.3. The molecule has 116 valence electrons. The van der Waals surface area contributed by atoms with Gasteiger partial charge in [0.1, 0.15) is 0 Å². The van der Waals surface area contributed by atoms with Crippen molar-refractivity contribution >= 4 is 21.6 Å². The summed E-state index contributed by atoms with van der Waals surface area (Å²) in [5, 5.41) is 3.45. The maximum absolute atomic E-state index is 12.6. The van der Waals surface area contributed by atoms with Crippen molar-refractivity contribution in [2.45, 2.75) is 25.2 Å². The molecule has 1 N–H and O–H groups in total. The standard InChI is InChI=1S/C14H16BrF3N2O/c15-10-3-4-12(13(7-10)21-14(16,17)18)20-6-5-19-11(8-20)9-1-2-9/h3-4,7,9,11,19H,1-2,5-6,8H2. The van der Waals surface area contributed by atoms with Crippen LogP contribution in [0.25, 0.3) is 0 Å². The molecule has 1 heterocycles. The number of nitrogens with one attached hydrogen (secondary N) is 1. The van der Waals surface area contributed by atoms with Gasteiger partial charge in [0, 0.05) is 30.1 Å². The first-order chi connectivity index (χ1) is 9.92. The van der Waals surface area contributed by atoms with E-state index < -0.39 is 6.36 Å². The summed E-state index contributed by atoms with van der Waals surface area (Å²) in [6.45, 7) is 2.18. The fraction of sp³-hybridized carbons (Fsp3) is 0.571. The average Bonchev–Trinajstić information content (AvgIpc) is 3.21. The van der Waals surface area contributed by atoms with Crippen LogP contribution in [0.1, 0.15) is 12.8 Å². The first kappa shape index (κ1) is 15.0. The Kier molecular flexibility index (Phi) is 4.05. The SMILES string of the molecule is FC(F)(F)Oc1cc(Br)ccc1N1CCNC(C2CC2)C1. The van der Waals surface area contributed by atoms with Crippen molar-refractivity contribution in [2.24, 2.45) is 5.92 Å². The Bertz CT molecular complexity index is 519. The number of benzene rings is 1. The van der Waals surface area contributed by atoms with E-state index in [0.29, 0.717) is 28.7 Å². The first-order valence-corrected chi connectivity index (χ1v) is 7.75. The highest BCUT2D eigenvalue weighted by Gasteiger charge is 2.36. The zero-order valence-corrected chi connectivity index (χ0v) is 12.9. The molecule has 1 atom stereocenters. The first-order valence-electron chi connectivity index (χ1n) is 6.96. The predicted molar refractivity (Wildman–Crippen MR) is 77.6 cm³/mol. The van der Waals surface area contributed by atoms with E-state index in [0.717, 1.165) is 13.1 Å². The molecule has 1 saturated heterocycles. The minimum Gasteiger partial charge on any atom is -0.404 e. The molecule has 1 saturated carbocycles. The van der Waals surface area contributed by atoms with Gasteiger partial charge in [0.15, 0.2) is 5.75 Å². The van der Waals surface area contributed by atoms with Gasteiger partial charge in [-0.25, -0.2) is 0 Å². The molecule has 3 rings (SSSR count). The maximum atomic E-state index is 12.6. The van der Waals surface area contributed by atoms with Crippen LogP contribution in [0.4, 0.5) is 18.9 Å². The molecule has 7 heteroatoms. The Labute approximate surface area is 129 Å². The molecule has 0 spiro atoms. The smallest absolute Gasteiger partial charge is 0.404 e. The molecule has 3 nitrogen and oxygen atoms in total. The van der Waals surface area contributed by atoms with Gasteiger partial charge in [0.2, 0.25) is 0 Å². The Balaban J connectivity index is 1.82. The number of halogens is 4. The van der Waals surface area contributed by atoms with Crippen LogP contribution in [0.3, 0.4) is 0 Å². The third-order valence-corrected chi connectivity index (χ3v) is 4.38. The summed E-state index contributed by atoms with van der Waals surface area (Å²) in [6.07, 6.45) is -2.27. The Morgan fingerprint density at radius 2 is 2.05 bits per heavy atom. The van der Waals surface area contributed by atoms with E-state index in [9.17, 15) is 13.2 Å². The third kappa shape index (κ3) is 3.83. The molecule has 0 bridgehead atoms. The van der Waals surface area contributed by atoms with Gasteiger partial charge < -0.3 is 15.0 Å². The third-order valence-electron chi connectivity index (χ3n) is 3.88. The minimum absolute atomic E-state index is 0.145. The lowest BCUT2D eigenvalue weighted by molar-refractivity contribution is -0.274. The van der Waals surface area contributed by atoms with Crippen molar-refractivity contribution in [2.75, 3.05) is 24.5 Å². The van der Waals surface area contributed by atoms with E-state index in [1.807, 2.05) is 4.90 Å². The van der Waals surface area contributed by atoms with E-state index in [1.165, 1.54) is 18.9 Å².